The molecule has 6 nitrogen and oxygen atoms in total. The molecule has 1 saturated heterocycles. The molecule has 0 bridgehead atoms. The highest BCUT2D eigenvalue weighted by Gasteiger charge is 2.41. The Morgan fingerprint density at radius 3 is 2.21 bits per heavy atom. The van der Waals surface area contributed by atoms with E-state index in [4.69, 9.17) is 0 Å². The minimum absolute atomic E-state index is 0.160. The smallest absolute Gasteiger partial charge is 0.308 e. The molecule has 148 valence electrons. The van der Waals surface area contributed by atoms with Crippen LogP contribution in [0.1, 0.15) is 33.2 Å². The molecule has 1 aliphatic heterocycles. The SMILES string of the molecule is Cc1nn(-c2ccccc2)c(C)c1C(=O)N1C[C@H](C(=O)O)[C@H](c2ccccc2)C1. The number of carboxylic acid groups (broad SMARTS) is 1. The van der Waals surface area contributed by atoms with Crippen LogP contribution in [0.4, 0.5) is 0 Å². The molecule has 6 heteroatoms. The summed E-state index contributed by atoms with van der Waals surface area (Å²) < 4.78 is 1.77. The van der Waals surface area contributed by atoms with Gasteiger partial charge in [-0.25, -0.2) is 4.68 Å². The van der Waals surface area contributed by atoms with E-state index in [1.54, 1.807) is 9.58 Å². The van der Waals surface area contributed by atoms with E-state index in [2.05, 4.69) is 5.10 Å². The quantitative estimate of drug-likeness (QED) is 0.742. The van der Waals surface area contributed by atoms with Gasteiger partial charge in [-0.2, -0.15) is 5.10 Å². The third kappa shape index (κ3) is 3.42. The molecule has 4 rings (SSSR count). The zero-order valence-corrected chi connectivity index (χ0v) is 16.4. The highest BCUT2D eigenvalue weighted by atomic mass is 16.4. The molecular formula is C23H23N3O3. The van der Waals surface area contributed by atoms with Crippen LogP contribution in [0.15, 0.2) is 60.7 Å². The van der Waals surface area contributed by atoms with E-state index in [1.165, 1.54) is 0 Å². The molecular weight excluding hydrogens is 366 g/mol. The summed E-state index contributed by atoms with van der Waals surface area (Å²) in [7, 11) is 0. The number of aromatic nitrogens is 2. The van der Waals surface area contributed by atoms with Crippen molar-refractivity contribution in [1.29, 1.82) is 0 Å². The number of aryl methyl sites for hydroxylation is 1. The maximum atomic E-state index is 13.4. The third-order valence-electron chi connectivity index (χ3n) is 5.66. The fourth-order valence-electron chi connectivity index (χ4n) is 4.19. The molecule has 2 aromatic carbocycles. The summed E-state index contributed by atoms with van der Waals surface area (Å²) >= 11 is 0. The van der Waals surface area contributed by atoms with E-state index < -0.39 is 11.9 Å². The number of para-hydroxylation sites is 1. The first kappa shape index (κ1) is 18.9. The molecule has 2 atom stereocenters. The van der Waals surface area contributed by atoms with E-state index in [0.29, 0.717) is 17.8 Å². The van der Waals surface area contributed by atoms with Crippen LogP contribution < -0.4 is 0 Å². The molecule has 29 heavy (non-hydrogen) atoms. The van der Waals surface area contributed by atoms with Crippen LogP contribution >= 0.6 is 0 Å². The van der Waals surface area contributed by atoms with Crippen molar-refractivity contribution in [3.05, 3.63) is 83.2 Å². The Morgan fingerprint density at radius 1 is 0.966 bits per heavy atom. The lowest BCUT2D eigenvalue weighted by Crippen LogP contribution is -2.30. The molecule has 1 aliphatic rings. The molecule has 0 radical (unpaired) electrons. The van der Waals surface area contributed by atoms with Crippen molar-refractivity contribution in [2.24, 2.45) is 5.92 Å². The molecule has 1 fully saturated rings. The van der Waals surface area contributed by atoms with Crippen molar-refractivity contribution in [2.45, 2.75) is 19.8 Å². The summed E-state index contributed by atoms with van der Waals surface area (Å²) in [5.74, 6) is -1.87. The van der Waals surface area contributed by atoms with Gasteiger partial charge in [0.05, 0.1) is 28.6 Å². The van der Waals surface area contributed by atoms with Gasteiger partial charge < -0.3 is 10.0 Å². The Labute approximate surface area is 169 Å². The average Bonchev–Trinajstić information content (AvgIpc) is 3.31. The lowest BCUT2D eigenvalue weighted by atomic mass is 9.89. The number of amides is 1. The van der Waals surface area contributed by atoms with Crippen molar-refractivity contribution in [3.63, 3.8) is 0 Å². The van der Waals surface area contributed by atoms with Crippen LogP contribution in [0.5, 0.6) is 0 Å². The molecule has 2 heterocycles. The number of carboxylic acids is 1. The van der Waals surface area contributed by atoms with Gasteiger partial charge in [0.1, 0.15) is 0 Å². The fourth-order valence-corrected chi connectivity index (χ4v) is 4.19. The van der Waals surface area contributed by atoms with Crippen molar-refractivity contribution in [2.75, 3.05) is 13.1 Å². The summed E-state index contributed by atoms with van der Waals surface area (Å²) in [6, 6.07) is 19.2. The number of likely N-dealkylation sites (tertiary alicyclic amines) is 1. The number of hydrogen-bond donors (Lipinski definition) is 1. The van der Waals surface area contributed by atoms with Crippen LogP contribution in [0.3, 0.4) is 0 Å². The first-order chi connectivity index (χ1) is 14.0. The summed E-state index contributed by atoms with van der Waals surface area (Å²) in [4.78, 5) is 26.9. The maximum absolute atomic E-state index is 13.4. The van der Waals surface area contributed by atoms with Gasteiger partial charge in [0.2, 0.25) is 0 Å². The van der Waals surface area contributed by atoms with Crippen LogP contribution in [0.2, 0.25) is 0 Å². The second-order valence-corrected chi connectivity index (χ2v) is 7.47. The van der Waals surface area contributed by atoms with Crippen LogP contribution in [-0.2, 0) is 4.79 Å². The molecule has 0 saturated carbocycles. The van der Waals surface area contributed by atoms with Gasteiger partial charge in [0.25, 0.3) is 5.91 Å². The zero-order chi connectivity index (χ0) is 20.5. The molecule has 1 amide bonds. The predicted molar refractivity (Wildman–Crippen MR) is 109 cm³/mol. The fraction of sp³-hybridized carbons (Fsp3) is 0.261. The highest BCUT2D eigenvalue weighted by molar-refractivity contribution is 5.97. The Bertz CT molecular complexity index is 1040. The van der Waals surface area contributed by atoms with Gasteiger partial charge in [-0.3, -0.25) is 9.59 Å². The zero-order valence-electron chi connectivity index (χ0n) is 16.4. The lowest BCUT2D eigenvalue weighted by Gasteiger charge is -2.17. The third-order valence-corrected chi connectivity index (χ3v) is 5.66. The minimum Gasteiger partial charge on any atom is -0.481 e. The number of carbonyl (C=O) groups is 2. The second kappa shape index (κ2) is 7.54. The molecule has 0 unspecified atom stereocenters. The first-order valence-electron chi connectivity index (χ1n) is 9.66. The Kier molecular flexibility index (Phi) is 4.92. The number of rotatable bonds is 4. The standard InChI is InChI=1S/C23H23N3O3/c1-15-21(16(2)26(24-15)18-11-7-4-8-12-18)22(27)25-13-19(20(14-25)23(28)29)17-9-5-3-6-10-17/h3-12,19-20H,13-14H2,1-2H3,(H,28,29)/t19-,20-/m0/s1. The Morgan fingerprint density at radius 2 is 1.59 bits per heavy atom. The molecule has 3 aromatic rings. The van der Waals surface area contributed by atoms with E-state index in [9.17, 15) is 14.7 Å². The largest absolute Gasteiger partial charge is 0.481 e. The van der Waals surface area contributed by atoms with Crippen molar-refractivity contribution in [1.82, 2.24) is 14.7 Å². The van der Waals surface area contributed by atoms with E-state index in [-0.39, 0.29) is 18.4 Å². The molecule has 0 spiro atoms. The van der Waals surface area contributed by atoms with E-state index >= 15 is 0 Å². The number of nitrogens with zero attached hydrogens (tertiary/aromatic N) is 3. The Hall–Kier alpha value is -3.41. The monoisotopic (exact) mass is 389 g/mol. The Balaban J connectivity index is 1.65. The first-order valence-corrected chi connectivity index (χ1v) is 9.66. The van der Waals surface area contributed by atoms with Crippen LogP contribution in [-0.4, -0.2) is 44.8 Å². The van der Waals surface area contributed by atoms with Crippen LogP contribution in [0.25, 0.3) is 5.69 Å². The van der Waals surface area contributed by atoms with Gasteiger partial charge in [-0.15, -0.1) is 0 Å². The lowest BCUT2D eigenvalue weighted by molar-refractivity contribution is -0.141. The number of carbonyl (C=O) groups excluding carboxylic acids is 1. The maximum Gasteiger partial charge on any atom is 0.308 e. The summed E-state index contributed by atoms with van der Waals surface area (Å²) in [5.41, 5.74) is 3.79. The van der Waals surface area contributed by atoms with Crippen molar-refractivity contribution in [3.8, 4) is 5.69 Å². The van der Waals surface area contributed by atoms with Crippen molar-refractivity contribution >= 4 is 11.9 Å². The molecule has 0 aliphatic carbocycles. The molecule has 1 aromatic heterocycles. The van der Waals surface area contributed by atoms with Crippen molar-refractivity contribution < 1.29 is 14.7 Å². The van der Waals surface area contributed by atoms with Gasteiger partial charge in [-0.1, -0.05) is 48.5 Å². The van der Waals surface area contributed by atoms with Gasteiger partial charge >= 0.3 is 5.97 Å². The van der Waals surface area contributed by atoms with Gasteiger partial charge in [-0.05, 0) is 31.5 Å². The molecule has 1 N–H and O–H groups in total. The van der Waals surface area contributed by atoms with E-state index in [0.717, 1.165) is 16.9 Å². The summed E-state index contributed by atoms with van der Waals surface area (Å²) in [6.07, 6.45) is 0. The summed E-state index contributed by atoms with van der Waals surface area (Å²) in [6.45, 7) is 4.27. The number of hydrogen-bond acceptors (Lipinski definition) is 3. The normalized spacial score (nSPS) is 18.8. The van der Waals surface area contributed by atoms with Crippen LogP contribution in [0, 0.1) is 19.8 Å². The average molecular weight is 389 g/mol. The number of aliphatic carboxylic acids is 1. The second-order valence-electron chi connectivity index (χ2n) is 7.47. The van der Waals surface area contributed by atoms with Gasteiger partial charge in [0, 0.05) is 19.0 Å². The minimum atomic E-state index is -0.873. The van der Waals surface area contributed by atoms with Gasteiger partial charge in [0.15, 0.2) is 0 Å². The summed E-state index contributed by atoms with van der Waals surface area (Å²) in [5, 5.41) is 14.3. The highest BCUT2D eigenvalue weighted by Crippen LogP contribution is 2.34. The predicted octanol–water partition coefficient (Wildman–Crippen LogP) is 3.43. The van der Waals surface area contributed by atoms with E-state index in [1.807, 2.05) is 74.5 Å². The topological polar surface area (TPSA) is 75.4 Å². The number of benzene rings is 2.